The molecule has 17 heavy (non-hydrogen) atoms. The molecule has 1 heterocycles. The van der Waals surface area contributed by atoms with Crippen LogP contribution >= 0.6 is 0 Å². The minimum Gasteiger partial charge on any atom is -0.481 e. The highest BCUT2D eigenvalue weighted by Gasteiger charge is 2.28. The lowest BCUT2D eigenvalue weighted by Gasteiger charge is -2.35. The summed E-state index contributed by atoms with van der Waals surface area (Å²) in [5, 5.41) is 11.2. The zero-order valence-corrected chi connectivity index (χ0v) is 9.94. The summed E-state index contributed by atoms with van der Waals surface area (Å²) >= 11 is 0. The van der Waals surface area contributed by atoms with E-state index in [4.69, 9.17) is 5.11 Å². The maximum absolute atomic E-state index is 11.8. The molecule has 1 fully saturated rings. The molecule has 1 aliphatic rings. The third kappa shape index (κ3) is 4.42. The van der Waals surface area contributed by atoms with Gasteiger partial charge in [-0.05, 0) is 19.3 Å². The molecule has 96 valence electrons. The van der Waals surface area contributed by atoms with Gasteiger partial charge in [0, 0.05) is 19.5 Å². The van der Waals surface area contributed by atoms with Gasteiger partial charge < -0.3 is 15.3 Å². The summed E-state index contributed by atoms with van der Waals surface area (Å²) in [7, 11) is 0. The molecule has 0 aromatic rings. The first kappa shape index (κ1) is 13.5. The Balaban J connectivity index is 2.54. The molecule has 1 atom stereocenters. The normalized spacial score (nSPS) is 19.8. The average molecular weight is 242 g/mol. The minimum absolute atomic E-state index is 0.0220. The van der Waals surface area contributed by atoms with Crippen LogP contribution in [0.25, 0.3) is 0 Å². The lowest BCUT2D eigenvalue weighted by molar-refractivity contribution is -0.142. The smallest absolute Gasteiger partial charge is 0.305 e. The van der Waals surface area contributed by atoms with Gasteiger partial charge in [-0.2, -0.15) is 0 Å². The molecule has 0 saturated carbocycles. The zero-order chi connectivity index (χ0) is 12.8. The largest absolute Gasteiger partial charge is 0.481 e. The second-order valence-corrected chi connectivity index (χ2v) is 4.24. The second-order valence-electron chi connectivity index (χ2n) is 4.24. The van der Waals surface area contributed by atoms with Gasteiger partial charge in [0.1, 0.15) is 0 Å². The Morgan fingerprint density at radius 1 is 1.35 bits per heavy atom. The minimum atomic E-state index is -0.894. The van der Waals surface area contributed by atoms with Crippen molar-refractivity contribution in [2.45, 2.75) is 38.6 Å². The highest BCUT2D eigenvalue weighted by molar-refractivity contribution is 5.84. The van der Waals surface area contributed by atoms with Crippen molar-refractivity contribution in [3.05, 3.63) is 0 Å². The van der Waals surface area contributed by atoms with Gasteiger partial charge in [0.15, 0.2) is 0 Å². The van der Waals surface area contributed by atoms with Crippen LogP contribution in [0.1, 0.15) is 32.6 Å². The Hall–Kier alpha value is -1.59. The van der Waals surface area contributed by atoms with E-state index in [-0.39, 0.29) is 30.8 Å². The standard InChI is InChI=1S/C11H18N2O4/c1-8(14)12-7-10(15)13-5-3-2-4-9(13)6-11(16)17/h9H,2-7H2,1H3,(H,12,14)(H,16,17). The van der Waals surface area contributed by atoms with Crippen LogP contribution in [0, 0.1) is 0 Å². The molecule has 0 bridgehead atoms. The summed E-state index contributed by atoms with van der Waals surface area (Å²) in [6.45, 7) is 1.88. The lowest BCUT2D eigenvalue weighted by atomic mass is 9.99. The summed E-state index contributed by atoms with van der Waals surface area (Å²) in [6.07, 6.45) is 2.54. The van der Waals surface area contributed by atoms with Crippen LogP contribution in [-0.2, 0) is 14.4 Å². The van der Waals surface area contributed by atoms with Gasteiger partial charge in [-0.15, -0.1) is 0 Å². The first-order valence-electron chi connectivity index (χ1n) is 5.76. The van der Waals surface area contributed by atoms with E-state index in [0.29, 0.717) is 6.54 Å². The van der Waals surface area contributed by atoms with Crippen LogP contribution in [0.4, 0.5) is 0 Å². The van der Waals surface area contributed by atoms with Crippen molar-refractivity contribution >= 4 is 17.8 Å². The summed E-state index contributed by atoms with van der Waals surface area (Å²) in [5.41, 5.74) is 0. The molecule has 0 spiro atoms. The number of piperidine rings is 1. The van der Waals surface area contributed by atoms with Crippen molar-refractivity contribution in [3.8, 4) is 0 Å². The second kappa shape index (κ2) is 6.22. The number of aliphatic carboxylic acids is 1. The summed E-state index contributed by atoms with van der Waals surface area (Å²) in [6, 6.07) is -0.234. The molecular formula is C11H18N2O4. The van der Waals surface area contributed by atoms with Crippen molar-refractivity contribution in [3.63, 3.8) is 0 Å². The number of amides is 2. The molecule has 2 amide bonds. The quantitative estimate of drug-likeness (QED) is 0.725. The molecule has 2 N–H and O–H groups in total. The predicted octanol–water partition coefficient (Wildman–Crippen LogP) is -0.0217. The zero-order valence-electron chi connectivity index (χ0n) is 9.94. The van der Waals surface area contributed by atoms with E-state index in [0.717, 1.165) is 19.3 Å². The van der Waals surface area contributed by atoms with Crippen molar-refractivity contribution in [1.29, 1.82) is 0 Å². The fourth-order valence-electron chi connectivity index (χ4n) is 2.04. The Morgan fingerprint density at radius 2 is 2.06 bits per heavy atom. The molecule has 0 aromatic carbocycles. The molecule has 1 rings (SSSR count). The van der Waals surface area contributed by atoms with Gasteiger partial charge in [0.25, 0.3) is 0 Å². The van der Waals surface area contributed by atoms with Crippen LogP contribution in [0.5, 0.6) is 0 Å². The Bertz CT molecular complexity index is 317. The van der Waals surface area contributed by atoms with Crippen molar-refractivity contribution in [1.82, 2.24) is 10.2 Å². The summed E-state index contributed by atoms with van der Waals surface area (Å²) < 4.78 is 0. The Labute approximate surface area is 100.0 Å². The SMILES string of the molecule is CC(=O)NCC(=O)N1CCCCC1CC(=O)O. The van der Waals surface area contributed by atoms with Crippen LogP contribution in [0.3, 0.4) is 0 Å². The molecule has 0 radical (unpaired) electrons. The first-order valence-corrected chi connectivity index (χ1v) is 5.76. The predicted molar refractivity (Wildman–Crippen MR) is 60.3 cm³/mol. The van der Waals surface area contributed by atoms with E-state index in [2.05, 4.69) is 5.32 Å². The molecule has 6 heteroatoms. The van der Waals surface area contributed by atoms with E-state index in [1.54, 1.807) is 4.90 Å². The van der Waals surface area contributed by atoms with Crippen LogP contribution in [-0.4, -0.2) is 46.9 Å². The van der Waals surface area contributed by atoms with Gasteiger partial charge in [0.05, 0.1) is 13.0 Å². The van der Waals surface area contributed by atoms with Crippen molar-refractivity contribution in [2.24, 2.45) is 0 Å². The van der Waals surface area contributed by atoms with E-state index in [9.17, 15) is 14.4 Å². The summed E-state index contributed by atoms with van der Waals surface area (Å²) in [4.78, 5) is 34.8. The molecule has 1 unspecified atom stereocenters. The van der Waals surface area contributed by atoms with Gasteiger partial charge in [0.2, 0.25) is 11.8 Å². The average Bonchev–Trinajstić information content (AvgIpc) is 2.25. The van der Waals surface area contributed by atoms with Gasteiger partial charge >= 0.3 is 5.97 Å². The first-order chi connectivity index (χ1) is 8.00. The highest BCUT2D eigenvalue weighted by atomic mass is 16.4. The van der Waals surface area contributed by atoms with Gasteiger partial charge in [-0.3, -0.25) is 14.4 Å². The third-order valence-corrected chi connectivity index (χ3v) is 2.85. The topological polar surface area (TPSA) is 86.7 Å². The fraction of sp³-hybridized carbons (Fsp3) is 0.727. The number of carbonyl (C=O) groups excluding carboxylic acids is 2. The van der Waals surface area contributed by atoms with E-state index in [1.165, 1.54) is 6.92 Å². The van der Waals surface area contributed by atoms with Crippen LogP contribution in [0.2, 0.25) is 0 Å². The number of carboxylic acids is 1. The molecule has 0 aliphatic carbocycles. The molecule has 1 aliphatic heterocycles. The number of carboxylic acid groups (broad SMARTS) is 1. The van der Waals surface area contributed by atoms with Crippen molar-refractivity contribution < 1.29 is 19.5 Å². The molecule has 6 nitrogen and oxygen atoms in total. The molecular weight excluding hydrogens is 224 g/mol. The van der Waals surface area contributed by atoms with Gasteiger partial charge in [-0.25, -0.2) is 0 Å². The number of rotatable bonds is 4. The number of nitrogens with one attached hydrogen (secondary N) is 1. The number of carbonyl (C=O) groups is 3. The summed E-state index contributed by atoms with van der Waals surface area (Å²) in [5.74, 6) is -1.36. The van der Waals surface area contributed by atoms with E-state index < -0.39 is 5.97 Å². The Kier molecular flexibility index (Phi) is 4.93. The fourth-order valence-corrected chi connectivity index (χ4v) is 2.04. The number of nitrogens with zero attached hydrogens (tertiary/aromatic N) is 1. The monoisotopic (exact) mass is 242 g/mol. The van der Waals surface area contributed by atoms with Crippen molar-refractivity contribution in [2.75, 3.05) is 13.1 Å². The lowest BCUT2D eigenvalue weighted by Crippen LogP contribution is -2.48. The number of hydrogen-bond acceptors (Lipinski definition) is 3. The van der Waals surface area contributed by atoms with Crippen LogP contribution in [0.15, 0.2) is 0 Å². The number of likely N-dealkylation sites (tertiary alicyclic amines) is 1. The maximum Gasteiger partial charge on any atom is 0.305 e. The molecule has 0 aromatic heterocycles. The van der Waals surface area contributed by atoms with Crippen LogP contribution < -0.4 is 5.32 Å². The highest BCUT2D eigenvalue weighted by Crippen LogP contribution is 2.19. The Morgan fingerprint density at radius 3 is 2.65 bits per heavy atom. The van der Waals surface area contributed by atoms with Gasteiger partial charge in [-0.1, -0.05) is 0 Å². The van der Waals surface area contributed by atoms with E-state index in [1.807, 2.05) is 0 Å². The molecule has 1 saturated heterocycles. The number of hydrogen-bond donors (Lipinski definition) is 2. The third-order valence-electron chi connectivity index (χ3n) is 2.85. The van der Waals surface area contributed by atoms with E-state index >= 15 is 0 Å². The maximum atomic E-state index is 11.8.